The zero-order valence-corrected chi connectivity index (χ0v) is 32.8. The van der Waals surface area contributed by atoms with E-state index >= 15 is 0 Å². The summed E-state index contributed by atoms with van der Waals surface area (Å²) in [5, 5.41) is 15.7. The molecule has 1 saturated carbocycles. The van der Waals surface area contributed by atoms with Crippen LogP contribution in [0.25, 0.3) is 5.82 Å². The first kappa shape index (κ1) is 42.6. The van der Waals surface area contributed by atoms with E-state index in [1.165, 1.54) is 29.1 Å². The molecule has 2 fully saturated rings. The topological polar surface area (TPSA) is 144 Å². The van der Waals surface area contributed by atoms with Gasteiger partial charge in [0, 0.05) is 48.3 Å². The molecule has 3 aromatic heterocycles. The predicted octanol–water partition coefficient (Wildman–Crippen LogP) is 6.01. The molecule has 0 aromatic carbocycles. The minimum Gasteiger partial charge on any atom is -0.474 e. The summed E-state index contributed by atoms with van der Waals surface area (Å²) in [5.74, 6) is 0.534. The fraction of sp³-hybridized carbons (Fsp3) is 0.571. The van der Waals surface area contributed by atoms with Gasteiger partial charge in [0.25, 0.3) is 5.91 Å². The van der Waals surface area contributed by atoms with Gasteiger partial charge >= 0.3 is 12.3 Å². The molecule has 1 aliphatic heterocycles. The number of alkyl halides is 3. The van der Waals surface area contributed by atoms with Crippen LogP contribution in [0.1, 0.15) is 77.1 Å². The van der Waals surface area contributed by atoms with Gasteiger partial charge in [-0.25, -0.2) is 19.4 Å². The molecule has 3 N–H and O–H groups in total. The van der Waals surface area contributed by atoms with Crippen LogP contribution in [0.15, 0.2) is 47.6 Å². The highest BCUT2D eigenvalue weighted by molar-refractivity contribution is 7.97. The van der Waals surface area contributed by atoms with E-state index < -0.39 is 40.4 Å². The number of pyridine rings is 2. The van der Waals surface area contributed by atoms with Gasteiger partial charge in [-0.3, -0.25) is 9.52 Å². The van der Waals surface area contributed by atoms with Crippen LogP contribution in [0.3, 0.4) is 0 Å². The summed E-state index contributed by atoms with van der Waals surface area (Å²) >= 11 is 7.35. The lowest BCUT2D eigenvalue weighted by Crippen LogP contribution is -2.57. The number of nitrogens with zero attached hydrogens (tertiary/aromatic N) is 5. The summed E-state index contributed by atoms with van der Waals surface area (Å²) in [6.07, 6.45) is -1.70. The molecule has 55 heavy (non-hydrogen) atoms. The summed E-state index contributed by atoms with van der Waals surface area (Å²) in [4.78, 5) is 36.3. The Labute approximate surface area is 331 Å². The first-order chi connectivity index (χ1) is 25.4. The third-order valence-corrected chi connectivity index (χ3v) is 10.8. The highest BCUT2D eigenvalue weighted by atomic mass is 35.5. The number of aromatic nitrogens is 4. The van der Waals surface area contributed by atoms with E-state index in [0.29, 0.717) is 29.9 Å². The third kappa shape index (κ3) is 9.70. The van der Waals surface area contributed by atoms with E-state index in [9.17, 15) is 27.9 Å². The zero-order valence-electron chi connectivity index (χ0n) is 31.2. The van der Waals surface area contributed by atoms with Crippen LogP contribution < -0.4 is 14.8 Å². The molecule has 2 aliphatic rings. The number of halogens is 4. The smallest absolute Gasteiger partial charge is 0.410 e. The van der Waals surface area contributed by atoms with Gasteiger partial charge in [-0.1, -0.05) is 22.9 Å². The Kier molecular flexibility index (Phi) is 12.2. The maximum atomic E-state index is 13.6. The zero-order chi connectivity index (χ0) is 40.6. The van der Waals surface area contributed by atoms with Crippen LogP contribution in [0, 0.1) is 11.3 Å². The quantitative estimate of drug-likeness (QED) is 0.0768. The Morgan fingerprint density at radius 2 is 1.80 bits per heavy atom. The van der Waals surface area contributed by atoms with Gasteiger partial charge in [0.2, 0.25) is 5.88 Å². The summed E-state index contributed by atoms with van der Waals surface area (Å²) in [6.45, 7) is 10.2. The lowest BCUT2D eigenvalue weighted by molar-refractivity contribution is -0.203. The van der Waals surface area contributed by atoms with Crippen molar-refractivity contribution in [1.82, 2.24) is 29.4 Å². The Balaban J connectivity index is 1.08. The highest BCUT2D eigenvalue weighted by Gasteiger charge is 2.72. The van der Waals surface area contributed by atoms with Gasteiger partial charge in [-0.15, -0.1) is 5.10 Å². The normalized spacial score (nSPS) is 19.0. The molecule has 2 atom stereocenters. The molecule has 0 bridgehead atoms. The number of ether oxygens (including phenoxy) is 2. The van der Waals surface area contributed by atoms with Gasteiger partial charge in [0.15, 0.2) is 5.82 Å². The minimum atomic E-state index is -4.77. The minimum absolute atomic E-state index is 0.0743. The van der Waals surface area contributed by atoms with Crippen LogP contribution >= 0.6 is 23.5 Å². The maximum Gasteiger partial charge on any atom is 0.410 e. The van der Waals surface area contributed by atoms with Crippen LogP contribution in [-0.4, -0.2) is 108 Å². The van der Waals surface area contributed by atoms with Gasteiger partial charge in [-0.05, 0) is 96.9 Å². The third-order valence-electron chi connectivity index (χ3n) is 9.76. The average Bonchev–Trinajstić information content (AvgIpc) is 3.70. The van der Waals surface area contributed by atoms with Gasteiger partial charge in [0.05, 0.1) is 26.7 Å². The second-order valence-corrected chi connectivity index (χ2v) is 16.9. The van der Waals surface area contributed by atoms with E-state index in [1.807, 2.05) is 37.8 Å². The van der Waals surface area contributed by atoms with Crippen molar-refractivity contribution in [2.75, 3.05) is 25.0 Å². The number of nitrogens with one attached hydrogen (secondary N) is 2. The van der Waals surface area contributed by atoms with Crippen molar-refractivity contribution in [3.8, 4) is 11.7 Å². The number of carbonyl (C=O) groups is 2. The summed E-state index contributed by atoms with van der Waals surface area (Å²) in [7, 11) is 17.3. The second kappa shape index (κ2) is 15.8. The number of hydrogen-bond acceptors (Lipinski definition) is 10. The van der Waals surface area contributed by atoms with Gasteiger partial charge in [-0.2, -0.15) is 13.2 Å². The lowest BCUT2D eigenvalue weighted by atomic mass is 9.35. The lowest BCUT2D eigenvalue weighted by Gasteiger charge is -2.48. The Morgan fingerprint density at radius 3 is 2.44 bits per heavy atom. The molecule has 6 radical (unpaired) electrons. The van der Waals surface area contributed by atoms with E-state index in [-0.39, 0.29) is 46.9 Å². The molecule has 4 heterocycles. The maximum absolute atomic E-state index is 13.6. The molecule has 20 heteroatoms. The molecule has 3 aromatic rings. The molecule has 0 spiro atoms. The molecule has 12 nitrogen and oxygen atoms in total. The van der Waals surface area contributed by atoms with E-state index in [1.54, 1.807) is 6.07 Å². The van der Waals surface area contributed by atoms with Crippen LogP contribution in [0.2, 0.25) is 10.4 Å². The molecule has 1 saturated heterocycles. The van der Waals surface area contributed by atoms with Gasteiger partial charge in [0.1, 0.15) is 36.1 Å². The molecule has 1 aliphatic carbocycles. The number of carbonyl (C=O) groups excluding carboxylic acids is 2. The standard InChI is InChI=1S/C35H42B3ClF3N7O5S/c1-30(2,3)54-29(51)48-19-21(18-31(48,4)5)8-7-16-43-23-9-6-10-26(44-23)55-47-28(50)22-11-12-24(45-27(22)39)49-17-13-25(46-49)53-20-33(36,52)34(37,38)32(14-15-32)35(40,41)42/h6,9-13,17,21,52H,7-8,14-16,18-20H2,1-5H3,(H,43,44)(H,47,50). The number of hydrogen-bond donors (Lipinski definition) is 3. The number of aliphatic hydroxyl groups is 1. The molecule has 290 valence electrons. The van der Waals surface area contributed by atoms with Crippen molar-refractivity contribution in [3.05, 3.63) is 53.3 Å². The van der Waals surface area contributed by atoms with E-state index in [4.69, 9.17) is 44.6 Å². The fourth-order valence-electron chi connectivity index (χ4n) is 6.56. The molecular weight excluding hydrogens is 755 g/mol. The van der Waals surface area contributed by atoms with Crippen LogP contribution in [0.5, 0.6) is 5.88 Å². The Hall–Kier alpha value is -3.57. The number of likely N-dealkylation sites (tertiary alicyclic amines) is 1. The van der Waals surface area contributed by atoms with E-state index in [2.05, 4.69) is 39.0 Å². The van der Waals surface area contributed by atoms with Crippen molar-refractivity contribution >= 4 is 64.9 Å². The molecule has 2 amide bonds. The molecule has 2 unspecified atom stereocenters. The fourth-order valence-corrected chi connectivity index (χ4v) is 7.39. The summed E-state index contributed by atoms with van der Waals surface area (Å²) in [6, 6.07) is 9.65. The molecule has 5 rings (SSSR count). The van der Waals surface area contributed by atoms with Crippen molar-refractivity contribution in [2.24, 2.45) is 11.3 Å². The Morgan fingerprint density at radius 1 is 1.09 bits per heavy atom. The van der Waals surface area contributed by atoms with Crippen molar-refractivity contribution in [3.63, 3.8) is 0 Å². The monoisotopic (exact) mass is 797 g/mol. The van der Waals surface area contributed by atoms with Crippen LogP contribution in [-0.2, 0) is 4.74 Å². The summed E-state index contributed by atoms with van der Waals surface area (Å²) < 4.78 is 55.8. The van der Waals surface area contributed by atoms with Crippen LogP contribution in [0.4, 0.5) is 23.8 Å². The largest absolute Gasteiger partial charge is 0.474 e. The first-order valence-electron chi connectivity index (χ1n) is 17.6. The first-order valence-corrected chi connectivity index (χ1v) is 18.8. The van der Waals surface area contributed by atoms with E-state index in [0.717, 1.165) is 31.2 Å². The number of rotatable bonds is 14. The number of amides is 2. The van der Waals surface area contributed by atoms with Crippen molar-refractivity contribution < 1.29 is 37.3 Å². The van der Waals surface area contributed by atoms with Crippen molar-refractivity contribution in [1.29, 1.82) is 0 Å². The average molecular weight is 798 g/mol. The second-order valence-electron chi connectivity index (χ2n) is 15.7. The SMILES string of the molecule is [B]C(O)(COc1ccn(-c2ccc(C(=O)NSc3cccc(NCCCC4CN(C(=O)OC(C)(C)C)C(C)(C)C4)n3)c(Cl)n2)n1)C([B])([B])C1(C(F)(F)F)CC1. The van der Waals surface area contributed by atoms with Crippen molar-refractivity contribution in [2.45, 2.75) is 99.8 Å². The summed E-state index contributed by atoms with van der Waals surface area (Å²) in [5.41, 5.74) is -6.05. The number of anilines is 1. The predicted molar refractivity (Wildman–Crippen MR) is 205 cm³/mol. The van der Waals surface area contributed by atoms with Gasteiger partial charge < -0.3 is 24.8 Å². The molecular formula is C35H42B3ClF3N7O5S. The Bertz CT molecular complexity index is 1870. The highest BCUT2D eigenvalue weighted by Crippen LogP contribution is 2.70.